The maximum Gasteiger partial charge on any atom is 0.231 e. The van der Waals surface area contributed by atoms with E-state index in [0.29, 0.717) is 10.8 Å². The van der Waals surface area contributed by atoms with Crippen molar-refractivity contribution in [3.8, 4) is 0 Å². The number of aromatic nitrogens is 2. The third kappa shape index (κ3) is 4.11. The summed E-state index contributed by atoms with van der Waals surface area (Å²) < 4.78 is 4.08. The summed E-state index contributed by atoms with van der Waals surface area (Å²) in [5.41, 5.74) is 1.51. The molecule has 0 aromatic carbocycles. The van der Waals surface area contributed by atoms with E-state index in [0.717, 1.165) is 10.7 Å². The average Bonchev–Trinajstić information content (AvgIpc) is 2.88. The second kappa shape index (κ2) is 5.89. The van der Waals surface area contributed by atoms with Gasteiger partial charge in [-0.3, -0.25) is 9.59 Å². The standard InChI is InChI=1S/C11H12N4O2S2/c1-6-3-10(19-15-6)14-9(17)4-8-5-18-11(13-8)12-7(2)16/h3,5H,4H2,1-2H3,(H,14,17)(H,12,13,16). The SMILES string of the molecule is CC(=O)Nc1nc(CC(=O)Nc2cc(C)ns2)cs1. The molecule has 0 aliphatic rings. The Balaban J connectivity index is 1.91. The number of thiazole rings is 1. The maximum atomic E-state index is 11.8. The van der Waals surface area contributed by atoms with Crippen LogP contribution in [-0.4, -0.2) is 21.2 Å². The van der Waals surface area contributed by atoms with E-state index in [1.54, 1.807) is 5.38 Å². The first-order valence-corrected chi connectivity index (χ1v) is 7.13. The molecule has 19 heavy (non-hydrogen) atoms. The number of carbonyl (C=O) groups excluding carboxylic acids is 2. The quantitative estimate of drug-likeness (QED) is 0.904. The topological polar surface area (TPSA) is 84.0 Å². The predicted octanol–water partition coefficient (Wildman–Crippen LogP) is 2.05. The minimum absolute atomic E-state index is 0.150. The molecule has 2 amide bonds. The van der Waals surface area contributed by atoms with Crippen LogP contribution in [0, 0.1) is 6.92 Å². The zero-order chi connectivity index (χ0) is 13.8. The molecule has 0 aliphatic carbocycles. The Hall–Kier alpha value is -1.80. The fraction of sp³-hybridized carbons (Fsp3) is 0.273. The molecule has 6 nitrogen and oxygen atoms in total. The molecule has 0 atom stereocenters. The lowest BCUT2D eigenvalue weighted by Crippen LogP contribution is -2.14. The van der Waals surface area contributed by atoms with Gasteiger partial charge in [0, 0.05) is 12.3 Å². The van der Waals surface area contributed by atoms with E-state index >= 15 is 0 Å². The summed E-state index contributed by atoms with van der Waals surface area (Å²) in [6.07, 6.45) is 0.174. The van der Waals surface area contributed by atoms with Gasteiger partial charge in [0.2, 0.25) is 11.8 Å². The van der Waals surface area contributed by atoms with Crippen LogP contribution in [0.25, 0.3) is 0 Å². The van der Waals surface area contributed by atoms with Crippen molar-refractivity contribution in [2.45, 2.75) is 20.3 Å². The minimum atomic E-state index is -0.175. The molecule has 0 spiro atoms. The summed E-state index contributed by atoms with van der Waals surface area (Å²) in [6.45, 7) is 3.28. The van der Waals surface area contributed by atoms with E-state index in [-0.39, 0.29) is 18.2 Å². The second-order valence-electron chi connectivity index (χ2n) is 3.88. The monoisotopic (exact) mass is 296 g/mol. The summed E-state index contributed by atoms with van der Waals surface area (Å²) in [4.78, 5) is 26.8. The first-order valence-electron chi connectivity index (χ1n) is 5.48. The first kappa shape index (κ1) is 13.6. The van der Waals surface area contributed by atoms with Crippen LogP contribution >= 0.6 is 22.9 Å². The van der Waals surface area contributed by atoms with Crippen LogP contribution in [0.1, 0.15) is 18.3 Å². The molecule has 8 heteroatoms. The van der Waals surface area contributed by atoms with Gasteiger partial charge in [-0.05, 0) is 24.5 Å². The number of carbonyl (C=O) groups is 2. The summed E-state index contributed by atoms with van der Waals surface area (Å²) in [5, 5.41) is 8.31. The highest BCUT2D eigenvalue weighted by molar-refractivity contribution is 7.14. The van der Waals surface area contributed by atoms with Gasteiger partial charge in [-0.15, -0.1) is 11.3 Å². The van der Waals surface area contributed by atoms with Crippen LogP contribution in [-0.2, 0) is 16.0 Å². The zero-order valence-corrected chi connectivity index (χ0v) is 12.0. The molecule has 0 unspecified atom stereocenters. The van der Waals surface area contributed by atoms with Gasteiger partial charge in [-0.1, -0.05) is 0 Å². The molecule has 100 valence electrons. The van der Waals surface area contributed by atoms with Crippen molar-refractivity contribution in [2.75, 3.05) is 10.6 Å². The Morgan fingerprint density at radius 2 is 2.16 bits per heavy atom. The van der Waals surface area contributed by atoms with Crippen molar-refractivity contribution in [3.05, 3.63) is 22.8 Å². The van der Waals surface area contributed by atoms with Crippen molar-refractivity contribution >= 4 is 44.8 Å². The van der Waals surface area contributed by atoms with Gasteiger partial charge in [0.25, 0.3) is 0 Å². The maximum absolute atomic E-state index is 11.8. The van der Waals surface area contributed by atoms with Gasteiger partial charge in [-0.2, -0.15) is 4.37 Å². The van der Waals surface area contributed by atoms with Gasteiger partial charge in [0.1, 0.15) is 5.00 Å². The summed E-state index contributed by atoms with van der Waals surface area (Å²) in [7, 11) is 0. The Kier molecular flexibility index (Phi) is 4.23. The largest absolute Gasteiger partial charge is 0.316 e. The Bertz CT molecular complexity index is 605. The van der Waals surface area contributed by atoms with Gasteiger partial charge in [-0.25, -0.2) is 4.98 Å². The van der Waals surface area contributed by atoms with E-state index in [1.807, 2.05) is 13.0 Å². The highest BCUT2D eigenvalue weighted by Crippen LogP contribution is 2.18. The highest BCUT2D eigenvalue weighted by atomic mass is 32.1. The van der Waals surface area contributed by atoms with Gasteiger partial charge in [0.15, 0.2) is 5.13 Å². The van der Waals surface area contributed by atoms with Crippen LogP contribution < -0.4 is 10.6 Å². The molecular weight excluding hydrogens is 284 g/mol. The Morgan fingerprint density at radius 3 is 2.79 bits per heavy atom. The lowest BCUT2D eigenvalue weighted by molar-refractivity contribution is -0.115. The van der Waals surface area contributed by atoms with Crippen molar-refractivity contribution in [1.29, 1.82) is 0 Å². The van der Waals surface area contributed by atoms with Crippen LogP contribution in [0.3, 0.4) is 0 Å². The summed E-state index contributed by atoms with van der Waals surface area (Å²) in [6, 6.07) is 1.81. The number of amides is 2. The molecule has 0 fully saturated rings. The molecule has 2 aromatic rings. The fourth-order valence-corrected chi connectivity index (χ4v) is 2.80. The molecule has 2 aromatic heterocycles. The molecule has 0 saturated heterocycles. The van der Waals surface area contributed by atoms with E-state index in [2.05, 4.69) is 20.0 Å². The third-order valence-electron chi connectivity index (χ3n) is 2.07. The van der Waals surface area contributed by atoms with Crippen molar-refractivity contribution in [1.82, 2.24) is 9.36 Å². The molecule has 0 radical (unpaired) electrons. The van der Waals surface area contributed by atoms with Crippen LogP contribution in [0.2, 0.25) is 0 Å². The van der Waals surface area contributed by atoms with Crippen LogP contribution in [0.5, 0.6) is 0 Å². The molecule has 2 rings (SSSR count). The number of aryl methyl sites for hydroxylation is 1. The van der Waals surface area contributed by atoms with E-state index < -0.39 is 0 Å². The van der Waals surface area contributed by atoms with Crippen molar-refractivity contribution in [3.63, 3.8) is 0 Å². The lowest BCUT2D eigenvalue weighted by Gasteiger charge is -1.99. The third-order valence-corrected chi connectivity index (χ3v) is 3.67. The van der Waals surface area contributed by atoms with Gasteiger partial charge >= 0.3 is 0 Å². The molecule has 0 saturated carbocycles. The first-order chi connectivity index (χ1) is 9.02. The van der Waals surface area contributed by atoms with Crippen molar-refractivity contribution in [2.24, 2.45) is 0 Å². The molecule has 0 bridgehead atoms. The van der Waals surface area contributed by atoms with Crippen molar-refractivity contribution < 1.29 is 9.59 Å². The second-order valence-corrected chi connectivity index (χ2v) is 5.55. The number of nitrogens with zero attached hydrogens (tertiary/aromatic N) is 2. The number of anilines is 2. The molecule has 0 aliphatic heterocycles. The number of hydrogen-bond acceptors (Lipinski definition) is 6. The molecular formula is C11H12N4O2S2. The summed E-state index contributed by atoms with van der Waals surface area (Å²) >= 11 is 2.54. The van der Waals surface area contributed by atoms with E-state index in [9.17, 15) is 9.59 Å². The summed E-state index contributed by atoms with van der Waals surface area (Å²) in [5.74, 6) is -0.325. The lowest BCUT2D eigenvalue weighted by atomic mass is 10.3. The number of rotatable bonds is 4. The van der Waals surface area contributed by atoms with E-state index in [1.165, 1.54) is 29.8 Å². The van der Waals surface area contributed by atoms with E-state index in [4.69, 9.17) is 0 Å². The Labute approximate surface area is 118 Å². The van der Waals surface area contributed by atoms with Crippen LogP contribution in [0.4, 0.5) is 10.1 Å². The van der Waals surface area contributed by atoms with Crippen LogP contribution in [0.15, 0.2) is 11.4 Å². The number of nitrogens with one attached hydrogen (secondary N) is 2. The van der Waals surface area contributed by atoms with Gasteiger partial charge in [0.05, 0.1) is 17.8 Å². The van der Waals surface area contributed by atoms with Gasteiger partial charge < -0.3 is 10.6 Å². The fourth-order valence-electron chi connectivity index (χ4n) is 1.36. The Morgan fingerprint density at radius 1 is 1.37 bits per heavy atom. The normalized spacial score (nSPS) is 10.2. The average molecular weight is 296 g/mol. The highest BCUT2D eigenvalue weighted by Gasteiger charge is 2.09. The smallest absolute Gasteiger partial charge is 0.231 e. The molecule has 2 heterocycles. The minimum Gasteiger partial charge on any atom is -0.316 e. The molecule has 2 N–H and O–H groups in total. The number of hydrogen-bond donors (Lipinski definition) is 2. The predicted molar refractivity (Wildman–Crippen MR) is 75.6 cm³/mol. The zero-order valence-electron chi connectivity index (χ0n) is 10.4.